The standard InChI is InChI=1S/C10H17NO4/c1-7-5-14-6-8(12)11(7)9(13)15-10(2,3)4/h7H,5-6H2,1-4H3/t7-/m0/s1. The molecule has 5 nitrogen and oxygen atoms in total. The molecule has 0 aromatic carbocycles. The van der Waals surface area contributed by atoms with Gasteiger partial charge in [0.2, 0.25) is 0 Å². The SMILES string of the molecule is C[C@H]1COCC(=O)N1C(=O)OC(C)(C)C. The van der Waals surface area contributed by atoms with Crippen molar-refractivity contribution in [3.63, 3.8) is 0 Å². The molecule has 1 rings (SSSR count). The second kappa shape index (κ2) is 4.18. The maximum Gasteiger partial charge on any atom is 0.417 e. The molecule has 1 aliphatic rings. The van der Waals surface area contributed by atoms with E-state index in [1.54, 1.807) is 27.7 Å². The summed E-state index contributed by atoms with van der Waals surface area (Å²) >= 11 is 0. The Hall–Kier alpha value is -1.10. The lowest BCUT2D eigenvalue weighted by Crippen LogP contribution is -2.52. The third-order valence-electron chi connectivity index (χ3n) is 1.88. The van der Waals surface area contributed by atoms with Crippen LogP contribution >= 0.6 is 0 Å². The first-order chi connectivity index (χ1) is 6.81. The Morgan fingerprint density at radius 1 is 1.53 bits per heavy atom. The van der Waals surface area contributed by atoms with Crippen LogP contribution in [0, 0.1) is 0 Å². The van der Waals surface area contributed by atoms with Gasteiger partial charge >= 0.3 is 6.09 Å². The molecular formula is C10H17NO4. The van der Waals surface area contributed by atoms with Crippen molar-refractivity contribution in [1.29, 1.82) is 0 Å². The highest BCUT2D eigenvalue weighted by Crippen LogP contribution is 2.14. The number of amides is 2. The van der Waals surface area contributed by atoms with Crippen LogP contribution in [0.1, 0.15) is 27.7 Å². The van der Waals surface area contributed by atoms with Crippen LogP contribution in [0.25, 0.3) is 0 Å². The van der Waals surface area contributed by atoms with Crippen molar-refractivity contribution < 1.29 is 19.1 Å². The minimum atomic E-state index is -0.594. The van der Waals surface area contributed by atoms with E-state index in [4.69, 9.17) is 9.47 Å². The molecule has 0 bridgehead atoms. The first kappa shape index (κ1) is 12.0. The number of hydrogen-bond donors (Lipinski definition) is 0. The maximum absolute atomic E-state index is 11.7. The van der Waals surface area contributed by atoms with Crippen LogP contribution in [0.5, 0.6) is 0 Å². The molecule has 86 valence electrons. The largest absolute Gasteiger partial charge is 0.443 e. The van der Waals surface area contributed by atoms with Crippen molar-refractivity contribution in [2.24, 2.45) is 0 Å². The fraction of sp³-hybridized carbons (Fsp3) is 0.800. The summed E-state index contributed by atoms with van der Waals surface area (Å²) in [6.45, 7) is 7.36. The van der Waals surface area contributed by atoms with E-state index in [2.05, 4.69) is 0 Å². The number of rotatable bonds is 0. The number of nitrogens with zero attached hydrogens (tertiary/aromatic N) is 1. The van der Waals surface area contributed by atoms with Crippen LogP contribution in [0.15, 0.2) is 0 Å². The quantitative estimate of drug-likeness (QED) is 0.608. The Balaban J connectivity index is 2.68. The molecule has 1 aliphatic heterocycles. The fourth-order valence-electron chi connectivity index (χ4n) is 1.30. The first-order valence-corrected chi connectivity index (χ1v) is 4.94. The average Bonchev–Trinajstić information content (AvgIpc) is 1.99. The number of carbonyl (C=O) groups excluding carboxylic acids is 2. The molecular weight excluding hydrogens is 198 g/mol. The third-order valence-corrected chi connectivity index (χ3v) is 1.88. The van der Waals surface area contributed by atoms with Crippen molar-refractivity contribution in [1.82, 2.24) is 4.90 Å². The molecule has 1 heterocycles. The van der Waals surface area contributed by atoms with Gasteiger partial charge in [0.05, 0.1) is 12.6 Å². The van der Waals surface area contributed by atoms with Gasteiger partial charge in [-0.25, -0.2) is 9.69 Å². The molecule has 0 unspecified atom stereocenters. The molecule has 1 fully saturated rings. The summed E-state index contributed by atoms with van der Waals surface area (Å²) in [4.78, 5) is 24.2. The zero-order valence-corrected chi connectivity index (χ0v) is 9.57. The third kappa shape index (κ3) is 3.20. The Labute approximate surface area is 89.3 Å². The van der Waals surface area contributed by atoms with Crippen LogP contribution in [0.2, 0.25) is 0 Å². The summed E-state index contributed by atoms with van der Waals surface area (Å²) in [6.07, 6.45) is -0.594. The number of imide groups is 1. The molecule has 0 radical (unpaired) electrons. The van der Waals surface area contributed by atoms with Gasteiger partial charge in [0, 0.05) is 0 Å². The van der Waals surface area contributed by atoms with E-state index in [-0.39, 0.29) is 18.6 Å². The van der Waals surface area contributed by atoms with E-state index in [9.17, 15) is 9.59 Å². The Bertz CT molecular complexity index is 269. The molecule has 1 saturated heterocycles. The zero-order valence-electron chi connectivity index (χ0n) is 9.57. The minimum absolute atomic E-state index is 0.0520. The summed E-state index contributed by atoms with van der Waals surface area (Å²) in [7, 11) is 0. The molecule has 0 aromatic heterocycles. The van der Waals surface area contributed by atoms with E-state index in [1.165, 1.54) is 0 Å². The maximum atomic E-state index is 11.7. The minimum Gasteiger partial charge on any atom is -0.443 e. The van der Waals surface area contributed by atoms with Gasteiger partial charge < -0.3 is 9.47 Å². The van der Waals surface area contributed by atoms with E-state index < -0.39 is 11.7 Å². The van der Waals surface area contributed by atoms with Gasteiger partial charge in [-0.2, -0.15) is 0 Å². The smallest absolute Gasteiger partial charge is 0.417 e. The van der Waals surface area contributed by atoms with E-state index in [0.29, 0.717) is 6.61 Å². The normalized spacial score (nSPS) is 22.8. The Morgan fingerprint density at radius 3 is 2.60 bits per heavy atom. The number of ether oxygens (including phenoxy) is 2. The second-order valence-electron chi connectivity index (χ2n) is 4.61. The topological polar surface area (TPSA) is 55.8 Å². The van der Waals surface area contributed by atoms with Gasteiger partial charge in [-0.15, -0.1) is 0 Å². The molecule has 0 spiro atoms. The molecule has 2 amide bonds. The molecule has 0 N–H and O–H groups in total. The van der Waals surface area contributed by atoms with Crippen LogP contribution in [-0.4, -0.2) is 41.8 Å². The van der Waals surface area contributed by atoms with Gasteiger partial charge in [-0.05, 0) is 27.7 Å². The van der Waals surface area contributed by atoms with Gasteiger partial charge in [-0.3, -0.25) is 4.79 Å². The highest BCUT2D eigenvalue weighted by atomic mass is 16.6. The molecule has 0 aromatic rings. The molecule has 0 saturated carbocycles. The summed E-state index contributed by atoms with van der Waals surface area (Å²) in [5.74, 6) is -0.344. The predicted molar refractivity (Wildman–Crippen MR) is 53.4 cm³/mol. The average molecular weight is 215 g/mol. The number of carbonyl (C=O) groups is 2. The number of morpholine rings is 1. The van der Waals surface area contributed by atoms with E-state index in [0.717, 1.165) is 4.90 Å². The van der Waals surface area contributed by atoms with Gasteiger partial charge in [0.25, 0.3) is 5.91 Å². The zero-order chi connectivity index (χ0) is 11.6. The fourth-order valence-corrected chi connectivity index (χ4v) is 1.30. The van der Waals surface area contributed by atoms with Crippen LogP contribution in [-0.2, 0) is 14.3 Å². The lowest BCUT2D eigenvalue weighted by Gasteiger charge is -2.32. The molecule has 15 heavy (non-hydrogen) atoms. The van der Waals surface area contributed by atoms with Crippen molar-refractivity contribution in [3.05, 3.63) is 0 Å². The lowest BCUT2D eigenvalue weighted by atomic mass is 10.2. The Kier molecular flexibility index (Phi) is 3.34. The van der Waals surface area contributed by atoms with Crippen molar-refractivity contribution in [2.75, 3.05) is 13.2 Å². The van der Waals surface area contributed by atoms with E-state index >= 15 is 0 Å². The highest BCUT2D eigenvalue weighted by molar-refractivity contribution is 5.93. The second-order valence-corrected chi connectivity index (χ2v) is 4.61. The summed E-state index contributed by atoms with van der Waals surface area (Å²) in [5.41, 5.74) is -0.588. The van der Waals surface area contributed by atoms with Crippen LogP contribution in [0.4, 0.5) is 4.79 Å². The molecule has 0 aliphatic carbocycles. The summed E-state index contributed by atoms with van der Waals surface area (Å²) in [5, 5.41) is 0. The van der Waals surface area contributed by atoms with Crippen molar-refractivity contribution in [2.45, 2.75) is 39.3 Å². The molecule has 1 atom stereocenters. The number of hydrogen-bond acceptors (Lipinski definition) is 4. The van der Waals surface area contributed by atoms with Crippen molar-refractivity contribution in [3.8, 4) is 0 Å². The van der Waals surface area contributed by atoms with Gasteiger partial charge in [0.15, 0.2) is 0 Å². The first-order valence-electron chi connectivity index (χ1n) is 4.94. The van der Waals surface area contributed by atoms with Crippen molar-refractivity contribution >= 4 is 12.0 Å². The lowest BCUT2D eigenvalue weighted by molar-refractivity contribution is -0.145. The summed E-state index contributed by atoms with van der Waals surface area (Å²) < 4.78 is 10.1. The Morgan fingerprint density at radius 2 is 2.13 bits per heavy atom. The summed E-state index contributed by atoms with van der Waals surface area (Å²) in [6, 6.07) is -0.263. The predicted octanol–water partition coefficient (Wildman–Crippen LogP) is 1.17. The van der Waals surface area contributed by atoms with E-state index in [1.807, 2.05) is 0 Å². The van der Waals surface area contributed by atoms with Crippen LogP contribution < -0.4 is 0 Å². The van der Waals surface area contributed by atoms with Gasteiger partial charge in [-0.1, -0.05) is 0 Å². The molecule has 5 heteroatoms. The highest BCUT2D eigenvalue weighted by Gasteiger charge is 2.34. The monoisotopic (exact) mass is 215 g/mol. The van der Waals surface area contributed by atoms with Crippen LogP contribution in [0.3, 0.4) is 0 Å². The van der Waals surface area contributed by atoms with Gasteiger partial charge in [0.1, 0.15) is 12.2 Å².